The highest BCUT2D eigenvalue weighted by Crippen LogP contribution is 2.28. The number of nitrogens with zero attached hydrogens (tertiary/aromatic N) is 3. The first-order chi connectivity index (χ1) is 8.53. The first-order valence-electron chi connectivity index (χ1n) is 6.23. The first kappa shape index (κ1) is 12.6. The van der Waals surface area contributed by atoms with E-state index in [0.717, 1.165) is 29.9 Å². The molecule has 2 aromatic heterocycles. The predicted molar refractivity (Wildman–Crippen MR) is 73.9 cm³/mol. The summed E-state index contributed by atoms with van der Waals surface area (Å²) < 4.78 is 2.15. The lowest BCUT2D eigenvalue weighted by molar-refractivity contribution is 0.296. The fraction of sp³-hybridized carbons (Fsp3) is 0.429. The molecular formula is C14H20N4. The Bertz CT molecular complexity index is 528. The van der Waals surface area contributed by atoms with Crippen LogP contribution in [0.4, 0.5) is 5.69 Å². The van der Waals surface area contributed by atoms with Crippen molar-refractivity contribution in [1.82, 2.24) is 14.5 Å². The molecule has 4 nitrogen and oxygen atoms in total. The molecule has 96 valence electrons. The number of aromatic nitrogens is 3. The molecule has 0 saturated heterocycles. The third-order valence-corrected chi connectivity index (χ3v) is 3.40. The lowest BCUT2D eigenvalue weighted by Gasteiger charge is -2.24. The zero-order valence-corrected chi connectivity index (χ0v) is 11.2. The van der Waals surface area contributed by atoms with Crippen LogP contribution in [-0.4, -0.2) is 14.5 Å². The zero-order chi connectivity index (χ0) is 13.2. The first-order valence-corrected chi connectivity index (χ1v) is 6.23. The highest BCUT2D eigenvalue weighted by Gasteiger charge is 2.18. The summed E-state index contributed by atoms with van der Waals surface area (Å²) in [4.78, 5) is 8.38. The summed E-state index contributed by atoms with van der Waals surface area (Å²) in [6.07, 6.45) is 8.32. The quantitative estimate of drug-likeness (QED) is 0.899. The van der Waals surface area contributed by atoms with E-state index in [4.69, 9.17) is 5.73 Å². The molecule has 0 aliphatic carbocycles. The summed E-state index contributed by atoms with van der Waals surface area (Å²) in [5.74, 6) is 0. The van der Waals surface area contributed by atoms with E-state index in [0.29, 0.717) is 0 Å². The van der Waals surface area contributed by atoms with Gasteiger partial charge in [0.25, 0.3) is 0 Å². The average molecular weight is 244 g/mol. The van der Waals surface area contributed by atoms with Gasteiger partial charge in [-0.3, -0.25) is 4.98 Å². The molecule has 2 N–H and O–H groups in total. The van der Waals surface area contributed by atoms with Crippen LogP contribution < -0.4 is 5.73 Å². The monoisotopic (exact) mass is 244 g/mol. The molecule has 0 aliphatic rings. The van der Waals surface area contributed by atoms with Crippen molar-refractivity contribution < 1.29 is 0 Å². The molecule has 0 radical (unpaired) electrons. The van der Waals surface area contributed by atoms with Crippen LogP contribution in [0, 0.1) is 5.41 Å². The van der Waals surface area contributed by atoms with Gasteiger partial charge in [-0.25, -0.2) is 4.98 Å². The fourth-order valence-electron chi connectivity index (χ4n) is 1.86. The molecule has 2 rings (SSSR count). The number of imidazole rings is 1. The number of rotatable bonds is 4. The third kappa shape index (κ3) is 2.53. The van der Waals surface area contributed by atoms with E-state index in [1.165, 1.54) is 0 Å². The molecule has 4 heteroatoms. The Hall–Kier alpha value is -1.84. The number of pyridine rings is 1. The van der Waals surface area contributed by atoms with E-state index in [2.05, 4.69) is 35.3 Å². The molecule has 0 spiro atoms. The van der Waals surface area contributed by atoms with E-state index in [9.17, 15) is 0 Å². The van der Waals surface area contributed by atoms with Crippen LogP contribution in [0.3, 0.4) is 0 Å². The van der Waals surface area contributed by atoms with Gasteiger partial charge in [-0.05, 0) is 17.9 Å². The second kappa shape index (κ2) is 4.80. The van der Waals surface area contributed by atoms with Crippen LogP contribution in [0.1, 0.15) is 27.2 Å². The standard InChI is InChI=1S/C14H20N4/c1-4-14(2,3)9-18-10-17-8-13(18)11-7-16-6-5-12(11)15/h5-8,10H,4,9H2,1-3H3,(H2,15,16). The van der Waals surface area contributed by atoms with Gasteiger partial charge in [-0.2, -0.15) is 0 Å². The maximum absolute atomic E-state index is 6.00. The van der Waals surface area contributed by atoms with Gasteiger partial charge >= 0.3 is 0 Å². The van der Waals surface area contributed by atoms with E-state index >= 15 is 0 Å². The lowest BCUT2D eigenvalue weighted by atomic mass is 9.90. The Kier molecular flexibility index (Phi) is 3.36. The highest BCUT2D eigenvalue weighted by atomic mass is 15.1. The summed E-state index contributed by atoms with van der Waals surface area (Å²) >= 11 is 0. The summed E-state index contributed by atoms with van der Waals surface area (Å²) in [6, 6.07) is 1.82. The van der Waals surface area contributed by atoms with Gasteiger partial charge < -0.3 is 10.3 Å². The Balaban J connectivity index is 2.37. The van der Waals surface area contributed by atoms with Gasteiger partial charge in [0.15, 0.2) is 0 Å². The van der Waals surface area contributed by atoms with Crippen molar-refractivity contribution in [3.05, 3.63) is 31.0 Å². The summed E-state index contributed by atoms with van der Waals surface area (Å²) in [6.45, 7) is 7.63. The Morgan fingerprint density at radius 2 is 2.06 bits per heavy atom. The van der Waals surface area contributed by atoms with Crippen molar-refractivity contribution >= 4 is 5.69 Å². The van der Waals surface area contributed by atoms with Gasteiger partial charge in [0.1, 0.15) is 0 Å². The maximum Gasteiger partial charge on any atom is 0.0951 e. The number of hydrogen-bond donors (Lipinski definition) is 1. The molecule has 0 amide bonds. The molecular weight excluding hydrogens is 224 g/mol. The minimum atomic E-state index is 0.242. The Morgan fingerprint density at radius 3 is 2.72 bits per heavy atom. The minimum absolute atomic E-state index is 0.242. The number of nitrogen functional groups attached to an aromatic ring is 1. The van der Waals surface area contributed by atoms with Gasteiger partial charge in [0, 0.05) is 30.2 Å². The van der Waals surface area contributed by atoms with Crippen LogP contribution in [0.15, 0.2) is 31.0 Å². The Labute approximate surface area is 108 Å². The van der Waals surface area contributed by atoms with Crippen molar-refractivity contribution in [3.63, 3.8) is 0 Å². The van der Waals surface area contributed by atoms with Crippen molar-refractivity contribution in [2.24, 2.45) is 5.41 Å². The van der Waals surface area contributed by atoms with Crippen molar-refractivity contribution in [3.8, 4) is 11.3 Å². The second-order valence-electron chi connectivity index (χ2n) is 5.39. The molecule has 0 atom stereocenters. The molecule has 0 fully saturated rings. The largest absolute Gasteiger partial charge is 0.398 e. The normalized spacial score (nSPS) is 11.7. The van der Waals surface area contributed by atoms with Crippen LogP contribution in [0.2, 0.25) is 0 Å². The lowest BCUT2D eigenvalue weighted by Crippen LogP contribution is -2.18. The molecule has 0 bridgehead atoms. The SMILES string of the molecule is CCC(C)(C)Cn1cncc1-c1cnccc1N. The van der Waals surface area contributed by atoms with Crippen LogP contribution >= 0.6 is 0 Å². The second-order valence-corrected chi connectivity index (χ2v) is 5.39. The van der Waals surface area contributed by atoms with E-state index in [1.807, 2.05) is 18.6 Å². The Morgan fingerprint density at radius 1 is 1.28 bits per heavy atom. The van der Waals surface area contributed by atoms with Gasteiger partial charge in [0.2, 0.25) is 0 Å². The smallest absolute Gasteiger partial charge is 0.0951 e. The molecule has 0 saturated carbocycles. The molecule has 18 heavy (non-hydrogen) atoms. The van der Waals surface area contributed by atoms with Crippen molar-refractivity contribution in [2.75, 3.05) is 5.73 Å². The number of hydrogen-bond acceptors (Lipinski definition) is 3. The maximum atomic E-state index is 6.00. The van der Waals surface area contributed by atoms with E-state index in [1.54, 1.807) is 12.4 Å². The third-order valence-electron chi connectivity index (χ3n) is 3.40. The summed E-state index contributed by atoms with van der Waals surface area (Å²) in [5.41, 5.74) is 8.95. The van der Waals surface area contributed by atoms with Crippen molar-refractivity contribution in [2.45, 2.75) is 33.7 Å². The molecule has 0 aliphatic heterocycles. The van der Waals surface area contributed by atoms with Crippen LogP contribution in [0.5, 0.6) is 0 Å². The molecule has 0 unspecified atom stereocenters. The van der Waals surface area contributed by atoms with Gasteiger partial charge in [-0.15, -0.1) is 0 Å². The zero-order valence-electron chi connectivity index (χ0n) is 11.2. The molecule has 2 heterocycles. The van der Waals surface area contributed by atoms with E-state index < -0.39 is 0 Å². The number of nitrogens with two attached hydrogens (primary N) is 1. The van der Waals surface area contributed by atoms with Gasteiger partial charge in [0.05, 0.1) is 18.2 Å². The van der Waals surface area contributed by atoms with Gasteiger partial charge in [-0.1, -0.05) is 20.8 Å². The molecule has 2 aromatic rings. The van der Waals surface area contributed by atoms with E-state index in [-0.39, 0.29) is 5.41 Å². The average Bonchev–Trinajstić information content (AvgIpc) is 2.77. The highest BCUT2D eigenvalue weighted by molar-refractivity contribution is 5.72. The number of anilines is 1. The van der Waals surface area contributed by atoms with Crippen LogP contribution in [0.25, 0.3) is 11.3 Å². The van der Waals surface area contributed by atoms with Crippen LogP contribution in [-0.2, 0) is 6.54 Å². The minimum Gasteiger partial charge on any atom is -0.398 e. The van der Waals surface area contributed by atoms with Crippen molar-refractivity contribution in [1.29, 1.82) is 0 Å². The predicted octanol–water partition coefficient (Wildman–Crippen LogP) is 2.96. The summed E-state index contributed by atoms with van der Waals surface area (Å²) in [5, 5.41) is 0. The molecule has 0 aromatic carbocycles. The fourth-order valence-corrected chi connectivity index (χ4v) is 1.86. The summed E-state index contributed by atoms with van der Waals surface area (Å²) in [7, 11) is 0. The topological polar surface area (TPSA) is 56.7 Å².